The number of nitrogens with one attached hydrogen (secondary N) is 1. The van der Waals surface area contributed by atoms with E-state index in [4.69, 9.17) is 9.47 Å². The van der Waals surface area contributed by atoms with Gasteiger partial charge in [0.25, 0.3) is 0 Å². The lowest BCUT2D eigenvalue weighted by Crippen LogP contribution is -2.12. The zero-order valence-electron chi connectivity index (χ0n) is 14.0. The maximum Gasteiger partial charge on any atom is 0.234 e. The normalized spacial score (nSPS) is 10.3. The molecule has 5 heteroatoms. The van der Waals surface area contributed by atoms with Gasteiger partial charge in [0.1, 0.15) is 0 Å². The number of amides is 1. The molecule has 0 spiro atoms. The van der Waals surface area contributed by atoms with E-state index >= 15 is 0 Å². The van der Waals surface area contributed by atoms with Gasteiger partial charge in [-0.05, 0) is 54.7 Å². The van der Waals surface area contributed by atoms with Crippen LogP contribution < -0.4 is 14.8 Å². The summed E-state index contributed by atoms with van der Waals surface area (Å²) in [6, 6.07) is 13.9. The Morgan fingerprint density at radius 2 is 1.71 bits per heavy atom. The van der Waals surface area contributed by atoms with Crippen LogP contribution in [0.5, 0.6) is 11.5 Å². The van der Waals surface area contributed by atoms with Crippen LogP contribution in [0.3, 0.4) is 0 Å². The molecule has 0 aromatic heterocycles. The predicted octanol–water partition coefficient (Wildman–Crippen LogP) is 3.75. The van der Waals surface area contributed by atoms with E-state index in [0.29, 0.717) is 0 Å². The molecule has 0 radical (unpaired) electrons. The molecule has 1 N–H and O–H groups in total. The van der Waals surface area contributed by atoms with E-state index < -0.39 is 0 Å². The third-order valence-electron chi connectivity index (χ3n) is 3.73. The van der Waals surface area contributed by atoms with Gasteiger partial charge in [-0.25, -0.2) is 0 Å². The third kappa shape index (κ3) is 5.20. The Labute approximate surface area is 148 Å². The van der Waals surface area contributed by atoms with E-state index in [9.17, 15) is 4.79 Å². The maximum atomic E-state index is 11.4. The summed E-state index contributed by atoms with van der Waals surface area (Å²) < 4.78 is 10.6. The largest absolute Gasteiger partial charge is 0.493 e. The summed E-state index contributed by atoms with van der Waals surface area (Å²) in [7, 11) is 3.28. The number of hydrogen-bond acceptors (Lipinski definition) is 4. The van der Waals surface area contributed by atoms with Crippen LogP contribution in [0.15, 0.2) is 42.5 Å². The van der Waals surface area contributed by atoms with Gasteiger partial charge in [0, 0.05) is 5.69 Å². The Balaban J connectivity index is 1.92. The van der Waals surface area contributed by atoms with Crippen molar-refractivity contribution in [2.75, 3.05) is 25.3 Å². The van der Waals surface area contributed by atoms with Gasteiger partial charge in [-0.3, -0.25) is 4.79 Å². The molecule has 4 nitrogen and oxygen atoms in total. The van der Waals surface area contributed by atoms with Crippen LogP contribution in [0.25, 0.3) is 0 Å². The maximum absolute atomic E-state index is 11.4. The highest BCUT2D eigenvalue weighted by Crippen LogP contribution is 2.28. The van der Waals surface area contributed by atoms with Crippen molar-refractivity contribution in [3.05, 3.63) is 53.6 Å². The number of rotatable bonds is 8. The van der Waals surface area contributed by atoms with E-state index in [1.807, 2.05) is 30.3 Å². The first-order valence-electron chi connectivity index (χ1n) is 7.87. The first kappa shape index (κ1) is 18.2. The summed E-state index contributed by atoms with van der Waals surface area (Å²) in [5.41, 5.74) is 3.23. The van der Waals surface area contributed by atoms with Crippen LogP contribution in [-0.2, 0) is 17.6 Å². The Hall–Kier alpha value is -2.14. The molecule has 0 saturated carbocycles. The lowest BCUT2D eigenvalue weighted by molar-refractivity contribution is -0.113. The van der Waals surface area contributed by atoms with Gasteiger partial charge >= 0.3 is 0 Å². The monoisotopic (exact) mass is 345 g/mol. The first-order chi connectivity index (χ1) is 11.7. The van der Waals surface area contributed by atoms with Crippen molar-refractivity contribution in [1.29, 1.82) is 0 Å². The fraction of sp³-hybridized carbons (Fsp3) is 0.316. The van der Waals surface area contributed by atoms with E-state index in [-0.39, 0.29) is 11.7 Å². The minimum Gasteiger partial charge on any atom is -0.493 e. The molecule has 0 heterocycles. The Morgan fingerprint density at radius 3 is 2.38 bits per heavy atom. The van der Waals surface area contributed by atoms with E-state index in [1.54, 1.807) is 14.2 Å². The predicted molar refractivity (Wildman–Crippen MR) is 100 cm³/mol. The summed E-state index contributed by atoms with van der Waals surface area (Å²) in [5.74, 6) is 1.59. The fourth-order valence-corrected chi connectivity index (χ4v) is 2.62. The van der Waals surface area contributed by atoms with Crippen LogP contribution in [0.1, 0.15) is 17.5 Å². The lowest BCUT2D eigenvalue weighted by atomic mass is 10.0. The molecule has 0 aliphatic rings. The quantitative estimate of drug-likeness (QED) is 0.717. The molecule has 2 aromatic carbocycles. The number of carbonyl (C=O) groups excluding carboxylic acids is 1. The van der Waals surface area contributed by atoms with Crippen LogP contribution in [-0.4, -0.2) is 25.9 Å². The molecule has 24 heavy (non-hydrogen) atoms. The Bertz CT molecular complexity index is 688. The molecule has 1 amide bonds. The van der Waals surface area contributed by atoms with Crippen LogP contribution in [0.2, 0.25) is 0 Å². The smallest absolute Gasteiger partial charge is 0.234 e. The number of anilines is 1. The number of hydrogen-bond donors (Lipinski definition) is 2. The van der Waals surface area contributed by atoms with Crippen molar-refractivity contribution in [3.63, 3.8) is 0 Å². The van der Waals surface area contributed by atoms with Crippen LogP contribution in [0.4, 0.5) is 5.69 Å². The van der Waals surface area contributed by atoms with Crippen LogP contribution >= 0.6 is 12.6 Å². The molecule has 0 unspecified atom stereocenters. The average molecular weight is 345 g/mol. The van der Waals surface area contributed by atoms with Gasteiger partial charge in [-0.2, -0.15) is 12.6 Å². The molecule has 0 fully saturated rings. The zero-order valence-corrected chi connectivity index (χ0v) is 14.9. The molecule has 2 rings (SSSR count). The summed E-state index contributed by atoms with van der Waals surface area (Å²) in [6.07, 6.45) is 2.91. The van der Waals surface area contributed by atoms with Crippen molar-refractivity contribution in [1.82, 2.24) is 0 Å². The van der Waals surface area contributed by atoms with Crippen molar-refractivity contribution in [2.24, 2.45) is 0 Å². The molecule has 128 valence electrons. The highest BCUT2D eigenvalue weighted by molar-refractivity contribution is 7.81. The SMILES string of the molecule is COc1ccc(CCCc2cccc(NC(=O)CS)c2)cc1OC. The minimum atomic E-state index is -0.0965. The molecule has 0 atom stereocenters. The standard InChI is InChI=1S/C19H23NO3S/c1-22-17-10-9-15(12-18(17)23-2)6-3-5-14-7-4-8-16(11-14)20-19(21)13-24/h4,7-12,24H,3,5-6,13H2,1-2H3,(H,20,21). The minimum absolute atomic E-state index is 0.0965. The number of carbonyl (C=O) groups is 1. The number of thiol groups is 1. The van der Waals surface area contributed by atoms with E-state index in [0.717, 1.165) is 36.4 Å². The average Bonchev–Trinajstić information content (AvgIpc) is 2.61. The van der Waals surface area contributed by atoms with Crippen LogP contribution in [0, 0.1) is 0 Å². The van der Waals surface area contributed by atoms with E-state index in [2.05, 4.69) is 30.1 Å². The van der Waals surface area contributed by atoms with Gasteiger partial charge in [0.2, 0.25) is 5.91 Å². The highest BCUT2D eigenvalue weighted by atomic mass is 32.1. The van der Waals surface area contributed by atoms with Crippen molar-refractivity contribution in [2.45, 2.75) is 19.3 Å². The second-order valence-corrected chi connectivity index (χ2v) is 5.77. The Kier molecular flexibility index (Phi) is 7.00. The third-order valence-corrected chi connectivity index (χ3v) is 4.02. The summed E-state index contributed by atoms with van der Waals surface area (Å²) in [4.78, 5) is 11.4. The van der Waals surface area contributed by atoms with Crippen molar-refractivity contribution < 1.29 is 14.3 Å². The van der Waals surface area contributed by atoms with Gasteiger partial charge in [-0.1, -0.05) is 18.2 Å². The topological polar surface area (TPSA) is 47.6 Å². The Morgan fingerprint density at radius 1 is 1.00 bits per heavy atom. The molecule has 0 aliphatic carbocycles. The number of methoxy groups -OCH3 is 2. The van der Waals surface area contributed by atoms with E-state index in [1.165, 1.54) is 11.1 Å². The van der Waals surface area contributed by atoms with Crippen molar-refractivity contribution in [3.8, 4) is 11.5 Å². The molecule has 0 saturated heterocycles. The van der Waals surface area contributed by atoms with Gasteiger partial charge in [0.15, 0.2) is 11.5 Å². The summed E-state index contributed by atoms with van der Waals surface area (Å²) in [5, 5.41) is 2.82. The van der Waals surface area contributed by atoms with Gasteiger partial charge in [-0.15, -0.1) is 0 Å². The molecule has 0 bridgehead atoms. The molecule has 2 aromatic rings. The first-order valence-corrected chi connectivity index (χ1v) is 8.50. The number of aryl methyl sites for hydroxylation is 2. The number of benzene rings is 2. The second-order valence-electron chi connectivity index (χ2n) is 5.45. The zero-order chi connectivity index (χ0) is 17.4. The molecular formula is C19H23NO3S. The van der Waals surface area contributed by atoms with Gasteiger partial charge in [0.05, 0.1) is 20.0 Å². The second kappa shape index (κ2) is 9.23. The van der Waals surface area contributed by atoms with Crippen molar-refractivity contribution >= 4 is 24.2 Å². The number of ether oxygens (including phenoxy) is 2. The highest BCUT2D eigenvalue weighted by Gasteiger charge is 2.05. The lowest BCUT2D eigenvalue weighted by Gasteiger charge is -2.10. The van der Waals surface area contributed by atoms with Gasteiger partial charge < -0.3 is 14.8 Å². The molecule has 0 aliphatic heterocycles. The summed E-state index contributed by atoms with van der Waals surface area (Å²) in [6.45, 7) is 0. The fourth-order valence-electron chi connectivity index (χ4n) is 2.54. The summed E-state index contributed by atoms with van der Waals surface area (Å²) >= 11 is 3.97. The molecular weight excluding hydrogens is 322 g/mol.